The molecule has 0 bridgehead atoms. The number of benzene rings is 1. The molecular formula is C18H13F2N5O. The Bertz CT molecular complexity index is 1140. The van der Waals surface area contributed by atoms with Crippen molar-refractivity contribution in [3.63, 3.8) is 0 Å². The first-order valence-corrected chi connectivity index (χ1v) is 7.81. The second-order valence-corrected chi connectivity index (χ2v) is 5.93. The van der Waals surface area contributed by atoms with E-state index in [0.29, 0.717) is 34.7 Å². The molecule has 4 aromatic rings. The van der Waals surface area contributed by atoms with Gasteiger partial charge in [-0.1, -0.05) is 6.07 Å². The summed E-state index contributed by atoms with van der Waals surface area (Å²) in [6.45, 7) is 0. The smallest absolute Gasteiger partial charge is 0.277 e. The van der Waals surface area contributed by atoms with Crippen molar-refractivity contribution in [2.24, 2.45) is 7.05 Å². The normalized spacial score (nSPS) is 11.2. The van der Waals surface area contributed by atoms with Gasteiger partial charge in [0.1, 0.15) is 17.5 Å². The van der Waals surface area contributed by atoms with Crippen molar-refractivity contribution < 1.29 is 8.78 Å². The fourth-order valence-corrected chi connectivity index (χ4v) is 2.79. The first kappa shape index (κ1) is 16.1. The maximum Gasteiger partial charge on any atom is 0.277 e. The molecule has 26 heavy (non-hydrogen) atoms. The molecule has 0 spiro atoms. The highest BCUT2D eigenvalue weighted by molar-refractivity contribution is 5.69. The van der Waals surface area contributed by atoms with Crippen molar-refractivity contribution in [3.8, 4) is 11.3 Å². The van der Waals surface area contributed by atoms with E-state index in [2.05, 4.69) is 19.9 Å². The van der Waals surface area contributed by atoms with E-state index in [-0.39, 0.29) is 5.56 Å². The molecule has 130 valence electrons. The van der Waals surface area contributed by atoms with Crippen LogP contribution in [0.25, 0.3) is 22.4 Å². The van der Waals surface area contributed by atoms with E-state index in [9.17, 15) is 13.6 Å². The third-order valence-corrected chi connectivity index (χ3v) is 3.99. The van der Waals surface area contributed by atoms with Crippen molar-refractivity contribution in [1.29, 1.82) is 0 Å². The number of hydrogen-bond donors (Lipinski definition) is 1. The topological polar surface area (TPSA) is 76.5 Å². The molecule has 8 heteroatoms. The van der Waals surface area contributed by atoms with Crippen LogP contribution in [0.2, 0.25) is 0 Å². The average Bonchev–Trinajstić information content (AvgIpc) is 2.96. The number of H-pyrrole nitrogens is 1. The summed E-state index contributed by atoms with van der Waals surface area (Å²) in [7, 11) is 1.73. The molecule has 0 unspecified atom stereocenters. The molecule has 0 atom stereocenters. The van der Waals surface area contributed by atoms with Gasteiger partial charge in [0.25, 0.3) is 5.56 Å². The number of rotatable bonds is 3. The number of aromatic amines is 1. The lowest BCUT2D eigenvalue weighted by atomic mass is 10.1. The molecule has 4 rings (SSSR count). The summed E-state index contributed by atoms with van der Waals surface area (Å²) in [6.07, 6.45) is 3.47. The molecule has 0 aliphatic rings. The van der Waals surface area contributed by atoms with Gasteiger partial charge >= 0.3 is 0 Å². The van der Waals surface area contributed by atoms with E-state index < -0.39 is 11.6 Å². The first-order chi connectivity index (χ1) is 12.5. The maximum atomic E-state index is 13.3. The predicted octanol–water partition coefficient (Wildman–Crippen LogP) is 2.59. The lowest BCUT2D eigenvalue weighted by molar-refractivity contribution is 0.584. The van der Waals surface area contributed by atoms with Crippen LogP contribution >= 0.6 is 0 Å². The number of imidazole rings is 1. The van der Waals surface area contributed by atoms with Gasteiger partial charge in [0, 0.05) is 31.3 Å². The molecular weight excluding hydrogens is 340 g/mol. The Morgan fingerprint density at radius 2 is 1.88 bits per heavy atom. The number of nitrogens with zero attached hydrogens (tertiary/aromatic N) is 4. The van der Waals surface area contributed by atoms with Crippen LogP contribution in [0.3, 0.4) is 0 Å². The summed E-state index contributed by atoms with van der Waals surface area (Å²) in [4.78, 5) is 27.5. The minimum Gasteiger partial charge on any atom is -0.328 e. The van der Waals surface area contributed by atoms with Gasteiger partial charge in [-0.2, -0.15) is 0 Å². The highest BCUT2D eigenvalue weighted by Gasteiger charge is 2.10. The van der Waals surface area contributed by atoms with Crippen LogP contribution in [0.1, 0.15) is 11.4 Å². The van der Waals surface area contributed by atoms with Crippen molar-refractivity contribution in [3.05, 3.63) is 76.2 Å². The van der Waals surface area contributed by atoms with Gasteiger partial charge < -0.3 is 9.55 Å². The van der Waals surface area contributed by atoms with Crippen molar-refractivity contribution in [1.82, 2.24) is 24.5 Å². The van der Waals surface area contributed by atoms with E-state index >= 15 is 0 Å². The maximum absolute atomic E-state index is 13.3. The van der Waals surface area contributed by atoms with Crippen LogP contribution < -0.4 is 5.56 Å². The molecule has 3 heterocycles. The Balaban J connectivity index is 1.62. The van der Waals surface area contributed by atoms with Gasteiger partial charge in [0.05, 0.1) is 12.0 Å². The Kier molecular flexibility index (Phi) is 3.80. The lowest BCUT2D eigenvalue weighted by Crippen LogP contribution is -2.14. The van der Waals surface area contributed by atoms with Crippen LogP contribution in [0.5, 0.6) is 0 Å². The van der Waals surface area contributed by atoms with Gasteiger partial charge in [-0.25, -0.2) is 18.7 Å². The van der Waals surface area contributed by atoms with Gasteiger partial charge in [0.15, 0.2) is 11.2 Å². The number of pyridine rings is 1. The van der Waals surface area contributed by atoms with Crippen LogP contribution in [0.4, 0.5) is 8.78 Å². The van der Waals surface area contributed by atoms with Crippen LogP contribution in [0.15, 0.2) is 47.7 Å². The minimum atomic E-state index is -0.656. The quantitative estimate of drug-likeness (QED) is 0.614. The standard InChI is InChI=1S/C18H13F2N5O/c1-25-9-22-17-16(25)18(26)24-15(23-17)4-10-2-3-14(21-8-10)11-5-12(19)7-13(20)6-11/h2-3,5-9H,4H2,1H3,(H,23,24,26). The Labute approximate surface area is 146 Å². The summed E-state index contributed by atoms with van der Waals surface area (Å²) in [5.74, 6) is -0.847. The molecule has 0 fully saturated rings. The molecule has 6 nitrogen and oxygen atoms in total. The monoisotopic (exact) mass is 353 g/mol. The van der Waals surface area contributed by atoms with Gasteiger partial charge in [-0.05, 0) is 23.8 Å². The van der Waals surface area contributed by atoms with Crippen LogP contribution in [-0.4, -0.2) is 24.5 Å². The SMILES string of the molecule is Cn1cnc2nc(Cc3ccc(-c4cc(F)cc(F)c4)nc3)[nH]c(=O)c21. The highest BCUT2D eigenvalue weighted by Crippen LogP contribution is 2.20. The molecule has 0 saturated carbocycles. The number of hydrogen-bond acceptors (Lipinski definition) is 4. The van der Waals surface area contributed by atoms with Gasteiger partial charge in [-0.15, -0.1) is 0 Å². The van der Waals surface area contributed by atoms with Crippen molar-refractivity contribution >= 4 is 11.2 Å². The molecule has 1 aromatic carbocycles. The van der Waals surface area contributed by atoms with Crippen molar-refractivity contribution in [2.75, 3.05) is 0 Å². The lowest BCUT2D eigenvalue weighted by Gasteiger charge is -2.05. The van der Waals surface area contributed by atoms with E-state index in [1.54, 1.807) is 29.9 Å². The van der Waals surface area contributed by atoms with E-state index in [0.717, 1.165) is 11.6 Å². The fourth-order valence-electron chi connectivity index (χ4n) is 2.79. The Morgan fingerprint density at radius 1 is 1.12 bits per heavy atom. The summed E-state index contributed by atoms with van der Waals surface area (Å²) in [5, 5.41) is 0. The molecule has 1 N–H and O–H groups in total. The molecule has 3 aromatic heterocycles. The number of nitrogens with one attached hydrogen (secondary N) is 1. The van der Waals surface area contributed by atoms with Gasteiger partial charge in [-0.3, -0.25) is 9.78 Å². The number of aryl methyl sites for hydroxylation is 1. The predicted molar refractivity (Wildman–Crippen MR) is 91.5 cm³/mol. The third-order valence-electron chi connectivity index (χ3n) is 3.99. The Morgan fingerprint density at radius 3 is 2.58 bits per heavy atom. The number of aromatic nitrogens is 5. The van der Waals surface area contributed by atoms with Crippen LogP contribution in [0, 0.1) is 11.6 Å². The second kappa shape index (κ2) is 6.14. The third kappa shape index (κ3) is 2.97. The van der Waals surface area contributed by atoms with E-state index in [1.165, 1.54) is 18.5 Å². The van der Waals surface area contributed by atoms with Crippen molar-refractivity contribution in [2.45, 2.75) is 6.42 Å². The molecule has 0 radical (unpaired) electrons. The zero-order valence-corrected chi connectivity index (χ0v) is 13.7. The zero-order chi connectivity index (χ0) is 18.3. The first-order valence-electron chi connectivity index (χ1n) is 7.81. The second-order valence-electron chi connectivity index (χ2n) is 5.93. The molecule has 0 aliphatic heterocycles. The average molecular weight is 353 g/mol. The Hall–Kier alpha value is -3.42. The summed E-state index contributed by atoms with van der Waals surface area (Å²) < 4.78 is 28.3. The summed E-state index contributed by atoms with van der Waals surface area (Å²) >= 11 is 0. The fraction of sp³-hybridized carbons (Fsp3) is 0.111. The summed E-state index contributed by atoms with van der Waals surface area (Å²) in [5.41, 5.74) is 2.14. The van der Waals surface area contributed by atoms with Gasteiger partial charge in [0.2, 0.25) is 0 Å². The van der Waals surface area contributed by atoms with Crippen LogP contribution in [-0.2, 0) is 13.5 Å². The zero-order valence-electron chi connectivity index (χ0n) is 13.7. The minimum absolute atomic E-state index is 0.259. The molecule has 0 aliphatic carbocycles. The number of halogens is 2. The molecule has 0 amide bonds. The number of fused-ring (bicyclic) bond motifs is 1. The molecule has 0 saturated heterocycles. The van der Waals surface area contributed by atoms with E-state index in [1.807, 2.05) is 0 Å². The summed E-state index contributed by atoms with van der Waals surface area (Å²) in [6, 6.07) is 6.70. The largest absolute Gasteiger partial charge is 0.328 e. The highest BCUT2D eigenvalue weighted by atomic mass is 19.1. The van der Waals surface area contributed by atoms with E-state index in [4.69, 9.17) is 0 Å².